The van der Waals surface area contributed by atoms with Crippen molar-refractivity contribution in [1.82, 2.24) is 0 Å². The van der Waals surface area contributed by atoms with Gasteiger partial charge < -0.3 is 44.8 Å². The summed E-state index contributed by atoms with van der Waals surface area (Å²) < 4.78 is 15.5. The standard InChI is InChI=1S/C12H22O9/c1-3-6(14)8(16)10(11(18)19-3)21-12-9(17)7(15)5(13)4(2)20-12/h3-18H,1-2H3/t3-,4-,5-,6-,7+,8+,9-,10-,11?,12+/m1/s1. The van der Waals surface area contributed by atoms with E-state index < -0.39 is 61.4 Å². The smallest absolute Gasteiger partial charge is 0.187 e. The third kappa shape index (κ3) is 3.21. The Balaban J connectivity index is 2.06. The maximum absolute atomic E-state index is 9.91. The summed E-state index contributed by atoms with van der Waals surface area (Å²) in [7, 11) is 0. The Hall–Kier alpha value is -0.360. The van der Waals surface area contributed by atoms with Crippen molar-refractivity contribution in [2.45, 2.75) is 75.3 Å². The molecular weight excluding hydrogens is 288 g/mol. The van der Waals surface area contributed by atoms with Gasteiger partial charge in [0.05, 0.1) is 12.2 Å². The molecule has 2 aliphatic heterocycles. The van der Waals surface area contributed by atoms with Gasteiger partial charge >= 0.3 is 0 Å². The predicted octanol–water partition coefficient (Wildman–Crippen LogP) is -3.34. The lowest BCUT2D eigenvalue weighted by Crippen LogP contribution is -2.62. The molecule has 2 saturated heterocycles. The van der Waals surface area contributed by atoms with Crippen molar-refractivity contribution in [1.29, 1.82) is 0 Å². The molecule has 2 rings (SSSR count). The minimum atomic E-state index is -1.58. The zero-order chi connectivity index (χ0) is 15.9. The summed E-state index contributed by atoms with van der Waals surface area (Å²) in [4.78, 5) is 0. The Morgan fingerprint density at radius 3 is 1.81 bits per heavy atom. The predicted molar refractivity (Wildman–Crippen MR) is 65.8 cm³/mol. The lowest BCUT2D eigenvalue weighted by molar-refractivity contribution is -0.356. The van der Waals surface area contributed by atoms with Crippen molar-refractivity contribution in [2.24, 2.45) is 0 Å². The number of ether oxygens (including phenoxy) is 3. The molecular formula is C12H22O9. The summed E-state index contributed by atoms with van der Waals surface area (Å²) >= 11 is 0. The summed E-state index contributed by atoms with van der Waals surface area (Å²) in [5.74, 6) is 0. The van der Waals surface area contributed by atoms with E-state index >= 15 is 0 Å². The van der Waals surface area contributed by atoms with E-state index in [0.717, 1.165) is 0 Å². The first-order valence-electron chi connectivity index (χ1n) is 6.78. The van der Waals surface area contributed by atoms with Gasteiger partial charge in [0.15, 0.2) is 12.6 Å². The van der Waals surface area contributed by atoms with Crippen LogP contribution in [0, 0.1) is 0 Å². The number of aliphatic hydroxyl groups excluding tert-OH is 6. The third-order valence-corrected chi connectivity index (χ3v) is 3.90. The Labute approximate surface area is 121 Å². The van der Waals surface area contributed by atoms with Crippen LogP contribution in [0.3, 0.4) is 0 Å². The Kier molecular flexibility index (Phi) is 5.19. The van der Waals surface area contributed by atoms with E-state index in [-0.39, 0.29) is 0 Å². The molecule has 0 aliphatic carbocycles. The fourth-order valence-corrected chi connectivity index (χ4v) is 2.45. The van der Waals surface area contributed by atoms with E-state index in [9.17, 15) is 30.6 Å². The average Bonchev–Trinajstić information content (AvgIpc) is 2.44. The van der Waals surface area contributed by atoms with Crippen LogP contribution in [0.5, 0.6) is 0 Å². The average molecular weight is 310 g/mol. The summed E-state index contributed by atoms with van der Waals surface area (Å²) in [6, 6.07) is 0. The molecule has 10 atom stereocenters. The SMILES string of the molecule is C[C@H]1O[C@@H](O[C@H]2C(O)O[C@H](C)[C@@H](O)[C@@H]2O)[C@H](O)[C@@H](O)[C@@H]1O. The van der Waals surface area contributed by atoms with Crippen LogP contribution in [-0.4, -0.2) is 92.1 Å². The minimum absolute atomic E-state index is 0.793. The van der Waals surface area contributed by atoms with Crippen LogP contribution >= 0.6 is 0 Å². The van der Waals surface area contributed by atoms with Gasteiger partial charge in [-0.25, -0.2) is 0 Å². The van der Waals surface area contributed by atoms with Crippen molar-refractivity contribution < 1.29 is 44.8 Å². The zero-order valence-electron chi connectivity index (χ0n) is 11.7. The highest BCUT2D eigenvalue weighted by molar-refractivity contribution is 4.91. The molecule has 0 amide bonds. The van der Waals surface area contributed by atoms with Crippen molar-refractivity contribution >= 4 is 0 Å². The zero-order valence-corrected chi connectivity index (χ0v) is 11.7. The maximum Gasteiger partial charge on any atom is 0.187 e. The maximum atomic E-state index is 9.91. The van der Waals surface area contributed by atoms with E-state index in [1.165, 1.54) is 13.8 Å². The molecule has 2 heterocycles. The van der Waals surface area contributed by atoms with Gasteiger partial charge in [0, 0.05) is 0 Å². The highest BCUT2D eigenvalue weighted by Crippen LogP contribution is 2.28. The van der Waals surface area contributed by atoms with Gasteiger partial charge in [-0.15, -0.1) is 0 Å². The van der Waals surface area contributed by atoms with E-state index in [1.807, 2.05) is 0 Å². The summed E-state index contributed by atoms with van der Waals surface area (Å²) in [6.07, 6.45) is -13.0. The number of rotatable bonds is 2. The second kappa shape index (κ2) is 6.41. The molecule has 0 aromatic heterocycles. The van der Waals surface area contributed by atoms with E-state index in [2.05, 4.69) is 0 Å². The highest BCUT2D eigenvalue weighted by Gasteiger charge is 2.48. The van der Waals surface area contributed by atoms with Gasteiger partial charge in [0.25, 0.3) is 0 Å². The quantitative estimate of drug-likeness (QED) is 0.308. The molecule has 0 radical (unpaired) electrons. The van der Waals surface area contributed by atoms with Gasteiger partial charge in [-0.05, 0) is 13.8 Å². The molecule has 6 N–H and O–H groups in total. The Morgan fingerprint density at radius 1 is 0.667 bits per heavy atom. The van der Waals surface area contributed by atoms with Crippen molar-refractivity contribution in [3.8, 4) is 0 Å². The molecule has 0 spiro atoms. The Bertz CT molecular complexity index is 354. The second-order valence-electron chi connectivity index (χ2n) is 5.50. The summed E-state index contributed by atoms with van der Waals surface area (Å²) in [5, 5.41) is 58.5. The van der Waals surface area contributed by atoms with Gasteiger partial charge in [-0.2, -0.15) is 0 Å². The van der Waals surface area contributed by atoms with Crippen LogP contribution < -0.4 is 0 Å². The molecule has 21 heavy (non-hydrogen) atoms. The number of hydrogen-bond acceptors (Lipinski definition) is 9. The number of hydrogen-bond donors (Lipinski definition) is 6. The van der Waals surface area contributed by atoms with E-state index in [1.54, 1.807) is 0 Å². The molecule has 9 heteroatoms. The molecule has 0 aromatic carbocycles. The molecule has 2 fully saturated rings. The molecule has 124 valence electrons. The first-order chi connectivity index (χ1) is 9.73. The van der Waals surface area contributed by atoms with Gasteiger partial charge in [0.2, 0.25) is 0 Å². The van der Waals surface area contributed by atoms with Crippen LogP contribution in [0.25, 0.3) is 0 Å². The van der Waals surface area contributed by atoms with Gasteiger partial charge in [-0.1, -0.05) is 0 Å². The lowest BCUT2D eigenvalue weighted by atomic mass is 9.98. The van der Waals surface area contributed by atoms with Gasteiger partial charge in [0.1, 0.15) is 36.6 Å². The van der Waals surface area contributed by atoms with Crippen molar-refractivity contribution in [3.05, 3.63) is 0 Å². The fraction of sp³-hybridized carbons (Fsp3) is 1.00. The van der Waals surface area contributed by atoms with Crippen LogP contribution in [0.4, 0.5) is 0 Å². The normalized spacial score (nSPS) is 55.4. The first-order valence-corrected chi connectivity index (χ1v) is 6.78. The van der Waals surface area contributed by atoms with E-state index in [4.69, 9.17) is 14.2 Å². The third-order valence-electron chi connectivity index (χ3n) is 3.90. The molecule has 0 aromatic rings. The molecule has 2 aliphatic rings. The van der Waals surface area contributed by atoms with Crippen molar-refractivity contribution in [3.63, 3.8) is 0 Å². The molecule has 1 unspecified atom stereocenters. The second-order valence-corrected chi connectivity index (χ2v) is 5.50. The summed E-state index contributed by atoms with van der Waals surface area (Å²) in [6.45, 7) is 2.94. The molecule has 0 bridgehead atoms. The minimum Gasteiger partial charge on any atom is -0.388 e. The molecule has 9 nitrogen and oxygen atoms in total. The number of aliphatic hydroxyl groups is 6. The van der Waals surface area contributed by atoms with Crippen LogP contribution in [0.1, 0.15) is 13.8 Å². The first kappa shape index (κ1) is 17.0. The topological polar surface area (TPSA) is 149 Å². The van der Waals surface area contributed by atoms with Crippen molar-refractivity contribution in [2.75, 3.05) is 0 Å². The van der Waals surface area contributed by atoms with Gasteiger partial charge in [-0.3, -0.25) is 0 Å². The fourth-order valence-electron chi connectivity index (χ4n) is 2.45. The Morgan fingerprint density at radius 2 is 1.19 bits per heavy atom. The van der Waals surface area contributed by atoms with Crippen LogP contribution in [0.15, 0.2) is 0 Å². The van der Waals surface area contributed by atoms with Crippen LogP contribution in [-0.2, 0) is 14.2 Å². The van der Waals surface area contributed by atoms with Crippen LogP contribution in [0.2, 0.25) is 0 Å². The lowest BCUT2D eigenvalue weighted by Gasteiger charge is -2.44. The largest absolute Gasteiger partial charge is 0.388 e. The monoisotopic (exact) mass is 310 g/mol. The van der Waals surface area contributed by atoms with E-state index in [0.29, 0.717) is 0 Å². The summed E-state index contributed by atoms with van der Waals surface area (Å²) in [5.41, 5.74) is 0. The highest BCUT2D eigenvalue weighted by atomic mass is 16.7. The molecule has 0 saturated carbocycles.